The fourth-order valence-electron chi connectivity index (χ4n) is 3.38. The molecule has 3 nitrogen and oxygen atoms in total. The summed E-state index contributed by atoms with van der Waals surface area (Å²) in [5.74, 6) is 0.915. The molecule has 1 aliphatic heterocycles. The topological polar surface area (TPSA) is 19.6 Å². The summed E-state index contributed by atoms with van der Waals surface area (Å²) in [5.41, 5.74) is 0.910. The maximum Gasteiger partial charge on any atom is 0.416 e. The highest BCUT2D eigenvalue weighted by atomic mass is 19.4. The molecule has 0 spiro atoms. The van der Waals surface area contributed by atoms with Crippen molar-refractivity contribution in [1.82, 2.24) is 4.90 Å². The lowest BCUT2D eigenvalue weighted by atomic mass is 10.1. The highest BCUT2D eigenvalue weighted by Crippen LogP contribution is 2.32. The van der Waals surface area contributed by atoms with E-state index in [9.17, 15) is 13.2 Å². The van der Waals surface area contributed by atoms with Gasteiger partial charge in [-0.25, -0.2) is 0 Å². The van der Waals surface area contributed by atoms with E-state index in [1.807, 2.05) is 29.2 Å². The van der Waals surface area contributed by atoms with E-state index in [-0.39, 0.29) is 0 Å². The third-order valence-electron chi connectivity index (χ3n) is 4.77. The van der Waals surface area contributed by atoms with Crippen LogP contribution in [0.1, 0.15) is 11.3 Å². The van der Waals surface area contributed by atoms with Gasteiger partial charge in [-0.1, -0.05) is 24.3 Å². The minimum absolute atomic E-state index is 0.597. The van der Waals surface area contributed by atoms with Gasteiger partial charge >= 0.3 is 6.18 Å². The molecular formula is C20H19F3N2O. The van der Waals surface area contributed by atoms with Crippen molar-refractivity contribution in [3.05, 3.63) is 65.9 Å². The van der Waals surface area contributed by atoms with Gasteiger partial charge in [0.2, 0.25) is 0 Å². The van der Waals surface area contributed by atoms with Crippen molar-refractivity contribution in [3.63, 3.8) is 0 Å². The number of alkyl halides is 3. The Labute approximate surface area is 149 Å². The summed E-state index contributed by atoms with van der Waals surface area (Å²) in [6.07, 6.45) is -4.31. The van der Waals surface area contributed by atoms with Crippen LogP contribution >= 0.6 is 0 Å². The minimum Gasteiger partial charge on any atom is -0.460 e. The van der Waals surface area contributed by atoms with Crippen LogP contribution in [-0.2, 0) is 12.7 Å². The molecule has 0 saturated carbocycles. The summed E-state index contributed by atoms with van der Waals surface area (Å²) in [4.78, 5) is 4.27. The molecule has 0 unspecified atom stereocenters. The van der Waals surface area contributed by atoms with E-state index in [4.69, 9.17) is 4.42 Å². The molecule has 1 aromatic heterocycles. The van der Waals surface area contributed by atoms with Crippen molar-refractivity contribution in [2.45, 2.75) is 12.7 Å². The molecule has 4 rings (SSSR count). The predicted molar refractivity (Wildman–Crippen MR) is 95.1 cm³/mol. The first kappa shape index (κ1) is 17.0. The quantitative estimate of drug-likeness (QED) is 0.671. The number of para-hydroxylation sites is 1. The summed E-state index contributed by atoms with van der Waals surface area (Å²) in [7, 11) is 0. The molecule has 136 valence electrons. The van der Waals surface area contributed by atoms with Crippen LogP contribution < -0.4 is 4.90 Å². The van der Waals surface area contributed by atoms with E-state index in [1.54, 1.807) is 6.07 Å². The Hall–Kier alpha value is -2.47. The number of halogens is 3. The number of nitrogens with zero attached hydrogens (tertiary/aromatic N) is 2. The molecule has 0 radical (unpaired) electrons. The molecule has 26 heavy (non-hydrogen) atoms. The zero-order valence-corrected chi connectivity index (χ0v) is 14.2. The average molecular weight is 360 g/mol. The van der Waals surface area contributed by atoms with Crippen molar-refractivity contribution in [2.24, 2.45) is 0 Å². The SMILES string of the molecule is FC(F)(F)c1cccc(N2CCN(Cc3cc4ccccc4o3)CC2)c1. The molecular weight excluding hydrogens is 341 g/mol. The van der Waals surface area contributed by atoms with Crippen LogP contribution in [0.5, 0.6) is 0 Å². The summed E-state index contributed by atoms with van der Waals surface area (Å²) >= 11 is 0. The number of hydrogen-bond donors (Lipinski definition) is 0. The van der Waals surface area contributed by atoms with E-state index in [0.717, 1.165) is 35.9 Å². The Morgan fingerprint density at radius 3 is 2.38 bits per heavy atom. The normalized spacial score (nSPS) is 16.3. The highest BCUT2D eigenvalue weighted by Gasteiger charge is 2.31. The second-order valence-electron chi connectivity index (χ2n) is 6.56. The van der Waals surface area contributed by atoms with Gasteiger partial charge in [0.25, 0.3) is 0 Å². The lowest BCUT2D eigenvalue weighted by molar-refractivity contribution is -0.137. The van der Waals surface area contributed by atoms with Crippen molar-refractivity contribution in [1.29, 1.82) is 0 Å². The van der Waals surface area contributed by atoms with Crippen molar-refractivity contribution < 1.29 is 17.6 Å². The van der Waals surface area contributed by atoms with Gasteiger partial charge in [-0.2, -0.15) is 13.2 Å². The Morgan fingerprint density at radius 2 is 1.65 bits per heavy atom. The van der Waals surface area contributed by atoms with Crippen LogP contribution in [0.3, 0.4) is 0 Å². The molecule has 6 heteroatoms. The number of anilines is 1. The van der Waals surface area contributed by atoms with Gasteiger partial charge in [-0.15, -0.1) is 0 Å². The number of hydrogen-bond acceptors (Lipinski definition) is 3. The second kappa shape index (κ2) is 6.68. The molecule has 0 amide bonds. The van der Waals surface area contributed by atoms with Gasteiger partial charge in [0, 0.05) is 37.3 Å². The zero-order valence-electron chi connectivity index (χ0n) is 14.2. The van der Waals surface area contributed by atoms with Crippen LogP contribution in [0.2, 0.25) is 0 Å². The summed E-state index contributed by atoms with van der Waals surface area (Å²) in [5, 5.41) is 1.09. The van der Waals surface area contributed by atoms with Crippen molar-refractivity contribution >= 4 is 16.7 Å². The number of fused-ring (bicyclic) bond motifs is 1. The molecule has 1 fully saturated rings. The molecule has 1 saturated heterocycles. The van der Waals surface area contributed by atoms with Gasteiger partial charge in [0.15, 0.2) is 0 Å². The monoisotopic (exact) mass is 360 g/mol. The van der Waals surface area contributed by atoms with E-state index in [2.05, 4.69) is 11.0 Å². The van der Waals surface area contributed by atoms with Crippen LogP contribution in [0.4, 0.5) is 18.9 Å². The van der Waals surface area contributed by atoms with Crippen LogP contribution in [-0.4, -0.2) is 31.1 Å². The Kier molecular flexibility index (Phi) is 4.36. The highest BCUT2D eigenvalue weighted by molar-refractivity contribution is 5.77. The molecule has 2 heterocycles. The van der Waals surface area contributed by atoms with E-state index in [0.29, 0.717) is 25.3 Å². The van der Waals surface area contributed by atoms with Crippen molar-refractivity contribution in [3.8, 4) is 0 Å². The predicted octanol–water partition coefficient (Wildman–Crippen LogP) is 4.77. The third kappa shape index (κ3) is 3.55. The maximum absolute atomic E-state index is 12.9. The van der Waals surface area contributed by atoms with Gasteiger partial charge < -0.3 is 9.32 Å². The molecule has 0 bridgehead atoms. The number of piperazine rings is 1. The van der Waals surface area contributed by atoms with Gasteiger partial charge in [-0.05, 0) is 30.3 Å². The first-order chi connectivity index (χ1) is 12.5. The molecule has 0 N–H and O–H groups in total. The van der Waals surface area contributed by atoms with Crippen LogP contribution in [0.25, 0.3) is 11.0 Å². The summed E-state index contributed by atoms with van der Waals surface area (Å²) in [6.45, 7) is 3.68. The minimum atomic E-state index is -4.31. The molecule has 3 aromatic rings. The van der Waals surface area contributed by atoms with E-state index >= 15 is 0 Å². The fourth-order valence-corrected chi connectivity index (χ4v) is 3.38. The summed E-state index contributed by atoms with van der Waals surface area (Å²) < 4.78 is 44.5. The standard InChI is InChI=1S/C20H19F3N2O/c21-20(22,23)16-5-3-6-17(13-16)25-10-8-24(9-11-25)14-18-12-15-4-1-2-7-19(15)26-18/h1-7,12-13H,8-11,14H2. The largest absolute Gasteiger partial charge is 0.460 e. The fraction of sp³-hybridized carbons (Fsp3) is 0.300. The van der Waals surface area contributed by atoms with Gasteiger partial charge in [-0.3, -0.25) is 4.90 Å². The number of furan rings is 1. The molecule has 0 aliphatic carbocycles. The lowest BCUT2D eigenvalue weighted by Crippen LogP contribution is -2.46. The number of rotatable bonds is 3. The smallest absolute Gasteiger partial charge is 0.416 e. The lowest BCUT2D eigenvalue weighted by Gasteiger charge is -2.35. The van der Waals surface area contributed by atoms with Crippen LogP contribution in [0, 0.1) is 0 Å². The van der Waals surface area contributed by atoms with Crippen LogP contribution in [0.15, 0.2) is 59.0 Å². The van der Waals surface area contributed by atoms with Gasteiger partial charge in [0.05, 0.1) is 12.1 Å². The zero-order chi connectivity index (χ0) is 18.1. The molecule has 1 aliphatic rings. The molecule has 2 aromatic carbocycles. The van der Waals surface area contributed by atoms with E-state index in [1.165, 1.54) is 12.1 Å². The average Bonchev–Trinajstić information content (AvgIpc) is 3.04. The first-order valence-corrected chi connectivity index (χ1v) is 8.61. The van der Waals surface area contributed by atoms with Gasteiger partial charge in [0.1, 0.15) is 11.3 Å². The third-order valence-corrected chi connectivity index (χ3v) is 4.77. The Morgan fingerprint density at radius 1 is 0.885 bits per heavy atom. The van der Waals surface area contributed by atoms with Crippen molar-refractivity contribution in [2.75, 3.05) is 31.1 Å². The summed E-state index contributed by atoms with van der Waals surface area (Å²) in [6, 6.07) is 15.5. The maximum atomic E-state index is 12.9. The van der Waals surface area contributed by atoms with E-state index < -0.39 is 11.7 Å². The second-order valence-corrected chi connectivity index (χ2v) is 6.56. The number of benzene rings is 2. The Bertz CT molecular complexity index is 862. The Balaban J connectivity index is 1.39. The first-order valence-electron chi connectivity index (χ1n) is 8.61. The molecule has 0 atom stereocenters.